The maximum atomic E-state index is 11.2. The Labute approximate surface area is 123 Å². The predicted molar refractivity (Wildman–Crippen MR) is 81.0 cm³/mol. The normalized spacial score (nSPS) is 17.4. The van der Waals surface area contributed by atoms with E-state index >= 15 is 0 Å². The first kappa shape index (κ1) is 13.7. The highest BCUT2D eigenvalue weighted by molar-refractivity contribution is 5.93. The number of nitrogens with zero attached hydrogens (tertiary/aromatic N) is 2. The summed E-state index contributed by atoms with van der Waals surface area (Å²) in [5.74, 6) is 0.164. The number of hydrogen-bond acceptors (Lipinski definition) is 3. The van der Waals surface area contributed by atoms with E-state index in [9.17, 15) is 9.90 Å². The molecule has 0 fully saturated rings. The molecule has 0 amide bonds. The molecule has 0 bridgehead atoms. The third-order valence-corrected chi connectivity index (χ3v) is 4.02. The van der Waals surface area contributed by atoms with E-state index in [2.05, 4.69) is 48.5 Å². The van der Waals surface area contributed by atoms with Crippen LogP contribution in [0.25, 0.3) is 0 Å². The molecule has 0 saturated carbocycles. The average molecular weight is 285 g/mol. The van der Waals surface area contributed by atoms with E-state index in [0.29, 0.717) is 11.7 Å². The molecule has 1 aromatic heterocycles. The second kappa shape index (κ2) is 5.24. The van der Waals surface area contributed by atoms with Gasteiger partial charge in [-0.25, -0.2) is 9.48 Å². The van der Waals surface area contributed by atoms with Gasteiger partial charge in [0.1, 0.15) is 11.4 Å². The van der Waals surface area contributed by atoms with Gasteiger partial charge in [-0.3, -0.25) is 0 Å². The Morgan fingerprint density at radius 3 is 2.71 bits per heavy atom. The third kappa shape index (κ3) is 2.39. The summed E-state index contributed by atoms with van der Waals surface area (Å²) in [5.41, 5.74) is 2.71. The highest BCUT2D eigenvalue weighted by atomic mass is 16.4. The van der Waals surface area contributed by atoms with Gasteiger partial charge < -0.3 is 10.4 Å². The third-order valence-electron chi connectivity index (χ3n) is 4.02. The number of benzene rings is 1. The Hall–Kier alpha value is -2.30. The second-order valence-corrected chi connectivity index (χ2v) is 5.71. The van der Waals surface area contributed by atoms with Gasteiger partial charge in [0.05, 0.1) is 12.2 Å². The Bertz CT molecular complexity index is 659. The zero-order chi connectivity index (χ0) is 15.0. The Morgan fingerprint density at radius 1 is 1.38 bits per heavy atom. The molecule has 21 heavy (non-hydrogen) atoms. The van der Waals surface area contributed by atoms with Crippen LogP contribution < -0.4 is 5.32 Å². The molecular weight excluding hydrogens is 266 g/mol. The van der Waals surface area contributed by atoms with Crippen LogP contribution in [0, 0.1) is 0 Å². The Kier molecular flexibility index (Phi) is 3.41. The van der Waals surface area contributed by atoms with Crippen molar-refractivity contribution >= 4 is 11.8 Å². The maximum Gasteiger partial charge on any atom is 0.341 e. The lowest BCUT2D eigenvalue weighted by molar-refractivity contribution is 0.0697. The largest absolute Gasteiger partial charge is 0.477 e. The molecule has 2 heterocycles. The summed E-state index contributed by atoms with van der Waals surface area (Å²) in [6, 6.07) is 8.62. The first-order chi connectivity index (χ1) is 10.1. The van der Waals surface area contributed by atoms with Crippen molar-refractivity contribution in [1.82, 2.24) is 9.78 Å². The van der Waals surface area contributed by atoms with Crippen molar-refractivity contribution in [1.29, 1.82) is 0 Å². The molecule has 0 spiro atoms. The lowest BCUT2D eigenvalue weighted by atomic mass is 9.97. The van der Waals surface area contributed by atoms with Gasteiger partial charge in [0.25, 0.3) is 0 Å². The van der Waals surface area contributed by atoms with Crippen molar-refractivity contribution in [3.63, 3.8) is 0 Å². The number of aromatic nitrogens is 2. The number of anilines is 1. The van der Waals surface area contributed by atoms with Crippen LogP contribution in [-0.2, 0) is 0 Å². The highest BCUT2D eigenvalue weighted by Gasteiger charge is 2.26. The minimum absolute atomic E-state index is 0.0931. The van der Waals surface area contributed by atoms with Crippen LogP contribution in [0.3, 0.4) is 0 Å². The Morgan fingerprint density at radius 2 is 2.10 bits per heavy atom. The number of rotatable bonds is 3. The Balaban J connectivity index is 1.96. The molecule has 5 heteroatoms. The van der Waals surface area contributed by atoms with Crippen molar-refractivity contribution < 1.29 is 9.90 Å². The molecule has 1 aliphatic heterocycles. The van der Waals surface area contributed by atoms with Gasteiger partial charge in [-0.1, -0.05) is 38.1 Å². The molecule has 1 aliphatic rings. The van der Waals surface area contributed by atoms with E-state index in [4.69, 9.17) is 0 Å². The van der Waals surface area contributed by atoms with Crippen LogP contribution in [0.5, 0.6) is 0 Å². The molecular formula is C16H19N3O2. The monoisotopic (exact) mass is 285 g/mol. The number of aromatic carboxylic acids is 1. The van der Waals surface area contributed by atoms with Gasteiger partial charge in [0.15, 0.2) is 0 Å². The fraction of sp³-hybridized carbons (Fsp3) is 0.375. The minimum atomic E-state index is -0.945. The van der Waals surface area contributed by atoms with Crippen LogP contribution in [0.15, 0.2) is 30.5 Å². The predicted octanol–water partition coefficient (Wildman–Crippen LogP) is 3.11. The van der Waals surface area contributed by atoms with Crippen LogP contribution in [0.1, 0.15) is 53.7 Å². The summed E-state index contributed by atoms with van der Waals surface area (Å²) in [6.45, 7) is 5.09. The van der Waals surface area contributed by atoms with E-state index in [1.54, 1.807) is 4.68 Å². The molecule has 5 nitrogen and oxygen atoms in total. The van der Waals surface area contributed by atoms with Gasteiger partial charge >= 0.3 is 5.97 Å². The number of carbonyl (C=O) groups is 1. The van der Waals surface area contributed by atoms with Gasteiger partial charge in [-0.15, -0.1) is 0 Å². The average Bonchev–Trinajstić information content (AvgIpc) is 2.91. The molecule has 0 radical (unpaired) electrons. The maximum absolute atomic E-state index is 11.2. The van der Waals surface area contributed by atoms with Gasteiger partial charge in [0, 0.05) is 6.54 Å². The standard InChI is InChI=1S/C16H19N3O2/c1-10(2)11-3-5-12(6-4-11)14-7-8-17-15-13(16(20)21)9-18-19(14)15/h3-6,9-10,14,17H,7-8H2,1-2H3,(H,20,21). The molecule has 0 aliphatic carbocycles. The van der Waals surface area contributed by atoms with Crippen LogP contribution in [0.4, 0.5) is 5.82 Å². The number of carboxylic acid groups (broad SMARTS) is 1. The fourth-order valence-electron chi connectivity index (χ4n) is 2.79. The number of carboxylic acids is 1. The number of fused-ring (bicyclic) bond motifs is 1. The molecule has 1 unspecified atom stereocenters. The van der Waals surface area contributed by atoms with Crippen molar-refractivity contribution in [2.45, 2.75) is 32.2 Å². The van der Waals surface area contributed by atoms with Gasteiger partial charge in [0.2, 0.25) is 0 Å². The quantitative estimate of drug-likeness (QED) is 0.909. The highest BCUT2D eigenvalue weighted by Crippen LogP contribution is 2.31. The zero-order valence-electron chi connectivity index (χ0n) is 12.2. The topological polar surface area (TPSA) is 67.2 Å². The van der Waals surface area contributed by atoms with Gasteiger partial charge in [-0.2, -0.15) is 5.10 Å². The van der Waals surface area contributed by atoms with E-state index in [1.165, 1.54) is 17.3 Å². The van der Waals surface area contributed by atoms with E-state index in [0.717, 1.165) is 13.0 Å². The van der Waals surface area contributed by atoms with Crippen molar-refractivity contribution in [3.05, 3.63) is 47.2 Å². The lowest BCUT2D eigenvalue weighted by Gasteiger charge is -2.26. The van der Waals surface area contributed by atoms with Crippen LogP contribution in [0.2, 0.25) is 0 Å². The minimum Gasteiger partial charge on any atom is -0.477 e. The summed E-state index contributed by atoms with van der Waals surface area (Å²) in [5, 5.41) is 16.6. The molecule has 2 N–H and O–H groups in total. The second-order valence-electron chi connectivity index (χ2n) is 5.71. The van der Waals surface area contributed by atoms with Crippen LogP contribution >= 0.6 is 0 Å². The summed E-state index contributed by atoms with van der Waals surface area (Å²) in [4.78, 5) is 11.2. The van der Waals surface area contributed by atoms with E-state index in [-0.39, 0.29) is 11.6 Å². The zero-order valence-corrected chi connectivity index (χ0v) is 12.2. The summed E-state index contributed by atoms with van der Waals surface area (Å²) in [6.07, 6.45) is 2.32. The summed E-state index contributed by atoms with van der Waals surface area (Å²) >= 11 is 0. The molecule has 0 saturated heterocycles. The smallest absolute Gasteiger partial charge is 0.341 e. The van der Waals surface area contributed by atoms with Crippen LogP contribution in [-0.4, -0.2) is 27.4 Å². The van der Waals surface area contributed by atoms with E-state index in [1.807, 2.05) is 0 Å². The lowest BCUT2D eigenvalue weighted by Crippen LogP contribution is -2.25. The summed E-state index contributed by atoms with van der Waals surface area (Å²) in [7, 11) is 0. The molecule has 1 atom stereocenters. The van der Waals surface area contributed by atoms with Crippen molar-refractivity contribution in [2.24, 2.45) is 0 Å². The van der Waals surface area contributed by atoms with Crippen molar-refractivity contribution in [3.8, 4) is 0 Å². The van der Waals surface area contributed by atoms with Gasteiger partial charge in [-0.05, 0) is 23.5 Å². The number of hydrogen-bond donors (Lipinski definition) is 2. The van der Waals surface area contributed by atoms with Crippen molar-refractivity contribution in [2.75, 3.05) is 11.9 Å². The fourth-order valence-corrected chi connectivity index (χ4v) is 2.79. The van der Waals surface area contributed by atoms with E-state index < -0.39 is 5.97 Å². The number of nitrogens with one attached hydrogen (secondary N) is 1. The molecule has 2 aromatic rings. The SMILES string of the molecule is CC(C)c1ccc(C2CCNc3c(C(=O)O)cnn32)cc1. The first-order valence-electron chi connectivity index (χ1n) is 7.22. The molecule has 3 rings (SSSR count). The molecule has 1 aromatic carbocycles. The first-order valence-corrected chi connectivity index (χ1v) is 7.22. The molecule has 110 valence electrons. The summed E-state index contributed by atoms with van der Waals surface area (Å²) < 4.78 is 1.79.